The van der Waals surface area contributed by atoms with E-state index in [1.807, 2.05) is 37.5 Å². The topological polar surface area (TPSA) is 72.7 Å². The lowest BCUT2D eigenvalue weighted by atomic mass is 10.2. The van der Waals surface area contributed by atoms with Crippen LogP contribution in [0.5, 0.6) is 0 Å². The van der Waals surface area contributed by atoms with Gasteiger partial charge in [-0.3, -0.25) is 14.8 Å². The van der Waals surface area contributed by atoms with Gasteiger partial charge in [0.2, 0.25) is 11.9 Å². The second kappa shape index (κ2) is 6.45. The van der Waals surface area contributed by atoms with Crippen LogP contribution in [0.4, 0.5) is 5.95 Å². The minimum atomic E-state index is -0.130. The largest absolute Gasteiger partial charge is 0.294 e. The van der Waals surface area contributed by atoms with E-state index in [-0.39, 0.29) is 5.91 Å². The number of anilines is 1. The van der Waals surface area contributed by atoms with E-state index in [1.165, 1.54) is 4.70 Å². The van der Waals surface area contributed by atoms with E-state index in [0.29, 0.717) is 12.4 Å². The lowest BCUT2D eigenvalue weighted by Crippen LogP contribution is -2.15. The second-order valence-corrected chi connectivity index (χ2v) is 6.81. The first-order chi connectivity index (χ1) is 12.2. The van der Waals surface area contributed by atoms with Crippen molar-refractivity contribution in [2.24, 2.45) is 7.05 Å². The number of hydrogen-bond acceptors (Lipinski definition) is 5. The number of benzene rings is 1. The predicted octanol–water partition coefficient (Wildman–Crippen LogP) is 3.27. The molecule has 25 heavy (non-hydrogen) atoms. The Balaban J connectivity index is 1.49. The van der Waals surface area contributed by atoms with E-state index in [4.69, 9.17) is 0 Å². The Hall–Kier alpha value is -3.06. The molecule has 6 nitrogen and oxygen atoms in total. The van der Waals surface area contributed by atoms with E-state index in [9.17, 15) is 4.79 Å². The minimum Gasteiger partial charge on any atom is -0.294 e. The Bertz CT molecular complexity index is 1020. The van der Waals surface area contributed by atoms with Crippen LogP contribution in [-0.4, -0.2) is 25.7 Å². The fourth-order valence-electron chi connectivity index (χ4n) is 2.58. The van der Waals surface area contributed by atoms with Gasteiger partial charge in [0, 0.05) is 34.6 Å². The van der Waals surface area contributed by atoms with E-state index < -0.39 is 0 Å². The lowest BCUT2D eigenvalue weighted by Gasteiger charge is -2.04. The molecule has 0 saturated carbocycles. The van der Waals surface area contributed by atoms with Gasteiger partial charge < -0.3 is 0 Å². The SMILES string of the molecule is Cn1cc(-c2ccnc(NC(=O)Cc3cc4ccccc4s3)n2)cn1. The maximum absolute atomic E-state index is 12.3. The molecule has 0 aliphatic rings. The third-order valence-corrected chi connectivity index (χ3v) is 4.83. The van der Waals surface area contributed by atoms with Gasteiger partial charge in [0.1, 0.15) is 0 Å². The molecule has 0 radical (unpaired) electrons. The highest BCUT2D eigenvalue weighted by Gasteiger charge is 2.10. The molecular weight excluding hydrogens is 334 g/mol. The van der Waals surface area contributed by atoms with Crippen LogP contribution >= 0.6 is 11.3 Å². The second-order valence-electron chi connectivity index (χ2n) is 5.64. The Labute approximate surface area is 148 Å². The van der Waals surface area contributed by atoms with E-state index in [1.54, 1.807) is 34.5 Å². The van der Waals surface area contributed by atoms with Crippen LogP contribution in [0.15, 0.2) is 55.0 Å². The number of carbonyl (C=O) groups excluding carboxylic acids is 1. The summed E-state index contributed by atoms with van der Waals surface area (Å²) in [7, 11) is 1.85. The molecule has 1 N–H and O–H groups in total. The summed E-state index contributed by atoms with van der Waals surface area (Å²) in [6, 6.07) is 11.9. The standard InChI is InChI=1S/C18H15N5OS/c1-23-11-13(10-20-23)15-6-7-19-18(21-15)22-17(24)9-14-8-12-4-2-3-5-16(12)25-14/h2-8,10-11H,9H2,1H3,(H,19,21,22,24). The molecule has 0 aliphatic heterocycles. The lowest BCUT2D eigenvalue weighted by molar-refractivity contribution is -0.115. The molecule has 0 bridgehead atoms. The number of thiophene rings is 1. The molecule has 0 saturated heterocycles. The Morgan fingerprint density at radius 3 is 2.96 bits per heavy atom. The normalized spacial score (nSPS) is 10.9. The van der Waals surface area contributed by atoms with E-state index in [0.717, 1.165) is 21.5 Å². The fourth-order valence-corrected chi connectivity index (χ4v) is 3.65. The van der Waals surface area contributed by atoms with E-state index in [2.05, 4.69) is 26.4 Å². The quantitative estimate of drug-likeness (QED) is 0.614. The summed E-state index contributed by atoms with van der Waals surface area (Å²) in [5.41, 5.74) is 1.60. The summed E-state index contributed by atoms with van der Waals surface area (Å²) in [5, 5.41) is 8.06. The van der Waals surface area contributed by atoms with Gasteiger partial charge in [0.25, 0.3) is 0 Å². The average Bonchev–Trinajstić information content (AvgIpc) is 3.20. The van der Waals surface area contributed by atoms with Crippen molar-refractivity contribution in [3.8, 4) is 11.3 Å². The summed E-state index contributed by atoms with van der Waals surface area (Å²) in [6.07, 6.45) is 5.53. The molecule has 1 aromatic carbocycles. The first kappa shape index (κ1) is 15.5. The highest BCUT2D eigenvalue weighted by molar-refractivity contribution is 7.19. The molecule has 0 fully saturated rings. The van der Waals surface area contributed by atoms with Crippen LogP contribution in [0, 0.1) is 0 Å². The summed E-state index contributed by atoms with van der Waals surface area (Å²) >= 11 is 1.63. The van der Waals surface area contributed by atoms with Crippen molar-refractivity contribution >= 4 is 33.3 Å². The Kier molecular flexibility index (Phi) is 3.99. The van der Waals surface area contributed by atoms with Gasteiger partial charge in [0.05, 0.1) is 18.3 Å². The van der Waals surface area contributed by atoms with Gasteiger partial charge in [-0.15, -0.1) is 11.3 Å². The summed E-state index contributed by atoms with van der Waals surface area (Å²) in [6.45, 7) is 0. The zero-order chi connectivity index (χ0) is 17.2. The molecule has 3 heterocycles. The number of nitrogens with zero attached hydrogens (tertiary/aromatic N) is 4. The number of fused-ring (bicyclic) bond motifs is 1. The van der Waals surface area contributed by atoms with Crippen molar-refractivity contribution in [3.63, 3.8) is 0 Å². The van der Waals surface area contributed by atoms with Crippen molar-refractivity contribution in [2.75, 3.05) is 5.32 Å². The Morgan fingerprint density at radius 2 is 2.16 bits per heavy atom. The van der Waals surface area contributed by atoms with Crippen molar-refractivity contribution in [1.29, 1.82) is 0 Å². The number of nitrogens with one attached hydrogen (secondary N) is 1. The molecule has 0 aliphatic carbocycles. The Morgan fingerprint density at radius 1 is 1.28 bits per heavy atom. The van der Waals surface area contributed by atoms with Crippen LogP contribution in [0.2, 0.25) is 0 Å². The van der Waals surface area contributed by atoms with Crippen molar-refractivity contribution < 1.29 is 4.79 Å². The van der Waals surface area contributed by atoms with Crippen molar-refractivity contribution in [2.45, 2.75) is 6.42 Å². The van der Waals surface area contributed by atoms with Gasteiger partial charge in [-0.2, -0.15) is 5.10 Å². The third kappa shape index (κ3) is 3.41. The van der Waals surface area contributed by atoms with Crippen LogP contribution in [0.3, 0.4) is 0 Å². The van der Waals surface area contributed by atoms with Gasteiger partial charge in [-0.25, -0.2) is 9.97 Å². The minimum absolute atomic E-state index is 0.130. The molecule has 4 rings (SSSR count). The number of aryl methyl sites for hydroxylation is 1. The maximum Gasteiger partial charge on any atom is 0.231 e. The average molecular weight is 349 g/mol. The highest BCUT2D eigenvalue weighted by Crippen LogP contribution is 2.25. The van der Waals surface area contributed by atoms with Crippen LogP contribution in [0.25, 0.3) is 21.3 Å². The number of aromatic nitrogens is 4. The number of amides is 1. The van der Waals surface area contributed by atoms with Crippen molar-refractivity contribution in [3.05, 3.63) is 59.9 Å². The van der Waals surface area contributed by atoms with Crippen LogP contribution in [0.1, 0.15) is 4.88 Å². The van der Waals surface area contributed by atoms with Gasteiger partial charge >= 0.3 is 0 Å². The molecule has 7 heteroatoms. The molecule has 124 valence electrons. The first-order valence-electron chi connectivity index (χ1n) is 7.77. The fraction of sp³-hybridized carbons (Fsp3) is 0.111. The van der Waals surface area contributed by atoms with Gasteiger partial charge in [0.15, 0.2) is 0 Å². The first-order valence-corrected chi connectivity index (χ1v) is 8.58. The molecule has 0 atom stereocenters. The number of carbonyl (C=O) groups is 1. The zero-order valence-electron chi connectivity index (χ0n) is 13.5. The van der Waals surface area contributed by atoms with Gasteiger partial charge in [-0.1, -0.05) is 18.2 Å². The van der Waals surface area contributed by atoms with E-state index >= 15 is 0 Å². The molecule has 3 aromatic heterocycles. The van der Waals surface area contributed by atoms with Crippen LogP contribution in [-0.2, 0) is 18.3 Å². The smallest absolute Gasteiger partial charge is 0.231 e. The number of rotatable bonds is 4. The molecule has 1 amide bonds. The van der Waals surface area contributed by atoms with Crippen LogP contribution < -0.4 is 5.32 Å². The van der Waals surface area contributed by atoms with Crippen molar-refractivity contribution in [1.82, 2.24) is 19.7 Å². The molecule has 4 aromatic rings. The summed E-state index contributed by atoms with van der Waals surface area (Å²) in [4.78, 5) is 21.8. The monoisotopic (exact) mass is 349 g/mol. The number of hydrogen-bond donors (Lipinski definition) is 1. The molecule has 0 spiro atoms. The predicted molar refractivity (Wildman–Crippen MR) is 98.4 cm³/mol. The maximum atomic E-state index is 12.3. The molecular formula is C18H15N5OS. The zero-order valence-corrected chi connectivity index (χ0v) is 14.3. The summed E-state index contributed by atoms with van der Waals surface area (Å²) < 4.78 is 2.89. The third-order valence-electron chi connectivity index (χ3n) is 3.72. The van der Waals surface area contributed by atoms with Gasteiger partial charge in [-0.05, 0) is 23.6 Å². The highest BCUT2D eigenvalue weighted by atomic mass is 32.1. The molecule has 0 unspecified atom stereocenters. The summed E-state index contributed by atoms with van der Waals surface area (Å²) in [5.74, 6) is 0.169.